The molecule has 1 aliphatic carbocycles. The van der Waals surface area contributed by atoms with E-state index in [0.29, 0.717) is 0 Å². The zero-order valence-electron chi connectivity index (χ0n) is 10.5. The summed E-state index contributed by atoms with van der Waals surface area (Å²) in [6.45, 7) is 0. The minimum atomic E-state index is -1.24. The lowest BCUT2D eigenvalue weighted by molar-refractivity contribution is -0.140. The fourth-order valence-electron chi connectivity index (χ4n) is 1.84. The third-order valence-corrected chi connectivity index (χ3v) is 2.85. The van der Waals surface area contributed by atoms with Crippen molar-refractivity contribution in [1.29, 1.82) is 0 Å². The molecule has 19 heavy (non-hydrogen) atoms. The second-order valence-electron chi connectivity index (χ2n) is 4.42. The van der Waals surface area contributed by atoms with Crippen LogP contribution >= 0.6 is 0 Å². The largest absolute Gasteiger partial charge is 0.481 e. The Bertz CT molecular complexity index is 380. The van der Waals surface area contributed by atoms with E-state index < -0.39 is 24.0 Å². The number of rotatable bonds is 6. The highest BCUT2D eigenvalue weighted by Crippen LogP contribution is 2.10. The van der Waals surface area contributed by atoms with Gasteiger partial charge in [0, 0.05) is 12.5 Å². The molecular formula is C12H18N2O5. The predicted octanol–water partition coefficient (Wildman–Crippen LogP) is 0.712. The monoisotopic (exact) mass is 270 g/mol. The smallest absolute Gasteiger partial charge is 0.326 e. The van der Waals surface area contributed by atoms with Gasteiger partial charge in [-0.1, -0.05) is 12.2 Å². The molecule has 0 fully saturated rings. The highest BCUT2D eigenvalue weighted by molar-refractivity contribution is 5.83. The van der Waals surface area contributed by atoms with Crippen LogP contribution in [-0.4, -0.2) is 40.3 Å². The molecule has 0 aromatic rings. The Morgan fingerprint density at radius 3 is 2.53 bits per heavy atom. The summed E-state index contributed by atoms with van der Waals surface area (Å²) in [6.07, 6.45) is 5.98. The van der Waals surface area contributed by atoms with Crippen molar-refractivity contribution in [3.63, 3.8) is 0 Å². The first-order valence-electron chi connectivity index (χ1n) is 6.15. The molecule has 0 heterocycles. The summed E-state index contributed by atoms with van der Waals surface area (Å²) in [5.41, 5.74) is 0. The molecule has 106 valence electrons. The van der Waals surface area contributed by atoms with Gasteiger partial charge in [-0.05, 0) is 25.7 Å². The number of amides is 2. The molecule has 4 N–H and O–H groups in total. The minimum absolute atomic E-state index is 0.00100. The fourth-order valence-corrected chi connectivity index (χ4v) is 1.84. The maximum atomic E-state index is 11.6. The zero-order chi connectivity index (χ0) is 14.3. The molecule has 1 rings (SSSR count). The predicted molar refractivity (Wildman–Crippen MR) is 66.7 cm³/mol. The molecule has 0 spiro atoms. The lowest BCUT2D eigenvalue weighted by Gasteiger charge is -2.21. The van der Waals surface area contributed by atoms with E-state index >= 15 is 0 Å². The topological polar surface area (TPSA) is 116 Å². The molecule has 0 saturated carbocycles. The van der Waals surface area contributed by atoms with Crippen LogP contribution in [0.25, 0.3) is 0 Å². The Morgan fingerprint density at radius 1 is 1.26 bits per heavy atom. The summed E-state index contributed by atoms with van der Waals surface area (Å²) in [5.74, 6) is -2.33. The SMILES string of the molecule is O=C(O)CCC(NC(=O)NC1CC=CCC1)C(=O)O. The first kappa shape index (κ1) is 15.0. The molecule has 7 heteroatoms. The van der Waals surface area contributed by atoms with Gasteiger partial charge in [-0.2, -0.15) is 0 Å². The lowest BCUT2D eigenvalue weighted by atomic mass is 10.0. The van der Waals surface area contributed by atoms with Crippen molar-refractivity contribution >= 4 is 18.0 Å². The average Bonchev–Trinajstić information content (AvgIpc) is 2.35. The fraction of sp³-hybridized carbons (Fsp3) is 0.583. The highest BCUT2D eigenvalue weighted by Gasteiger charge is 2.22. The molecule has 0 aliphatic heterocycles. The maximum absolute atomic E-state index is 11.6. The Balaban J connectivity index is 2.39. The van der Waals surface area contributed by atoms with Crippen LogP contribution in [0.2, 0.25) is 0 Å². The molecule has 0 radical (unpaired) electrons. The van der Waals surface area contributed by atoms with E-state index in [-0.39, 0.29) is 18.9 Å². The van der Waals surface area contributed by atoms with Crippen molar-refractivity contribution in [2.24, 2.45) is 0 Å². The Hall–Kier alpha value is -2.05. The van der Waals surface area contributed by atoms with E-state index in [4.69, 9.17) is 10.2 Å². The van der Waals surface area contributed by atoms with Crippen LogP contribution in [0.1, 0.15) is 32.1 Å². The van der Waals surface area contributed by atoms with Crippen molar-refractivity contribution < 1.29 is 24.6 Å². The number of hydrogen-bond acceptors (Lipinski definition) is 3. The van der Waals surface area contributed by atoms with Crippen molar-refractivity contribution in [3.8, 4) is 0 Å². The van der Waals surface area contributed by atoms with Crippen LogP contribution < -0.4 is 10.6 Å². The maximum Gasteiger partial charge on any atom is 0.326 e. The van der Waals surface area contributed by atoms with Gasteiger partial charge in [0.25, 0.3) is 0 Å². The Morgan fingerprint density at radius 2 is 2.00 bits per heavy atom. The van der Waals surface area contributed by atoms with Crippen LogP contribution in [0.5, 0.6) is 0 Å². The second kappa shape index (κ2) is 7.40. The van der Waals surface area contributed by atoms with Crippen molar-refractivity contribution in [1.82, 2.24) is 10.6 Å². The molecule has 0 bridgehead atoms. The first-order chi connectivity index (χ1) is 8.99. The molecule has 0 aromatic heterocycles. The third kappa shape index (κ3) is 5.89. The van der Waals surface area contributed by atoms with Gasteiger partial charge in [0.15, 0.2) is 0 Å². The van der Waals surface area contributed by atoms with Crippen molar-refractivity contribution in [2.45, 2.75) is 44.2 Å². The lowest BCUT2D eigenvalue weighted by Crippen LogP contribution is -2.49. The number of urea groups is 1. The summed E-state index contributed by atoms with van der Waals surface area (Å²) < 4.78 is 0. The van der Waals surface area contributed by atoms with Gasteiger partial charge < -0.3 is 20.8 Å². The Labute approximate surface area is 110 Å². The zero-order valence-corrected chi connectivity index (χ0v) is 10.5. The van der Waals surface area contributed by atoms with Gasteiger partial charge in [0.05, 0.1) is 0 Å². The van der Waals surface area contributed by atoms with E-state index in [9.17, 15) is 14.4 Å². The molecule has 2 atom stereocenters. The minimum Gasteiger partial charge on any atom is -0.481 e. The van der Waals surface area contributed by atoms with Crippen LogP contribution in [0.15, 0.2) is 12.2 Å². The number of hydrogen-bond donors (Lipinski definition) is 4. The summed E-state index contributed by atoms with van der Waals surface area (Å²) in [6, 6.07) is -1.76. The van der Waals surface area contributed by atoms with E-state index in [0.717, 1.165) is 19.3 Å². The van der Waals surface area contributed by atoms with Crippen molar-refractivity contribution in [2.75, 3.05) is 0 Å². The van der Waals surface area contributed by atoms with Gasteiger partial charge >= 0.3 is 18.0 Å². The molecule has 0 aromatic carbocycles. The van der Waals surface area contributed by atoms with Gasteiger partial charge in [0.2, 0.25) is 0 Å². The summed E-state index contributed by atoms with van der Waals surface area (Å²) in [5, 5.41) is 22.4. The summed E-state index contributed by atoms with van der Waals surface area (Å²) in [4.78, 5) is 32.9. The van der Waals surface area contributed by atoms with Crippen molar-refractivity contribution in [3.05, 3.63) is 12.2 Å². The highest BCUT2D eigenvalue weighted by atomic mass is 16.4. The van der Waals surface area contributed by atoms with Gasteiger partial charge in [0.1, 0.15) is 6.04 Å². The van der Waals surface area contributed by atoms with E-state index in [2.05, 4.69) is 10.6 Å². The molecular weight excluding hydrogens is 252 g/mol. The second-order valence-corrected chi connectivity index (χ2v) is 4.42. The van der Waals surface area contributed by atoms with E-state index in [1.165, 1.54) is 0 Å². The van der Waals surface area contributed by atoms with Gasteiger partial charge in [-0.3, -0.25) is 4.79 Å². The molecule has 2 unspecified atom stereocenters. The normalized spacial score (nSPS) is 19.5. The Kier molecular flexibility index (Phi) is 5.84. The van der Waals surface area contributed by atoms with Crippen LogP contribution in [0, 0.1) is 0 Å². The number of carbonyl (C=O) groups is 3. The average molecular weight is 270 g/mol. The molecule has 1 aliphatic rings. The van der Waals surface area contributed by atoms with Crippen LogP contribution in [0.4, 0.5) is 4.79 Å². The molecule has 2 amide bonds. The van der Waals surface area contributed by atoms with Gasteiger partial charge in [-0.25, -0.2) is 9.59 Å². The molecule has 7 nitrogen and oxygen atoms in total. The van der Waals surface area contributed by atoms with Crippen LogP contribution in [-0.2, 0) is 9.59 Å². The quantitative estimate of drug-likeness (QED) is 0.530. The summed E-state index contributed by atoms with van der Waals surface area (Å²) >= 11 is 0. The number of allylic oxidation sites excluding steroid dienone is 1. The summed E-state index contributed by atoms with van der Waals surface area (Å²) in [7, 11) is 0. The number of carbonyl (C=O) groups excluding carboxylic acids is 1. The standard InChI is InChI=1S/C12H18N2O5/c15-10(16)7-6-9(11(17)18)14-12(19)13-8-4-2-1-3-5-8/h1-2,8-9H,3-7H2,(H,15,16)(H,17,18)(H2,13,14,19). The molecule has 0 saturated heterocycles. The third-order valence-electron chi connectivity index (χ3n) is 2.85. The number of aliphatic carboxylic acids is 2. The number of carboxylic acid groups (broad SMARTS) is 2. The number of carboxylic acids is 2. The number of nitrogens with one attached hydrogen (secondary N) is 2. The van der Waals surface area contributed by atoms with Gasteiger partial charge in [-0.15, -0.1) is 0 Å². The van der Waals surface area contributed by atoms with Crippen LogP contribution in [0.3, 0.4) is 0 Å². The van der Waals surface area contributed by atoms with E-state index in [1.807, 2.05) is 12.2 Å². The first-order valence-corrected chi connectivity index (χ1v) is 6.15. The van der Waals surface area contributed by atoms with E-state index in [1.54, 1.807) is 0 Å².